The van der Waals surface area contributed by atoms with E-state index in [2.05, 4.69) is 10.3 Å². The van der Waals surface area contributed by atoms with Gasteiger partial charge in [0.05, 0.1) is 18.3 Å². The Balaban J connectivity index is 1.73. The van der Waals surface area contributed by atoms with E-state index in [-0.39, 0.29) is 30.6 Å². The Labute approximate surface area is 122 Å². The molecule has 1 unspecified atom stereocenters. The average molecular weight is 282 g/mol. The number of aromatic nitrogens is 1. The molecule has 2 heterocycles. The van der Waals surface area contributed by atoms with Crippen LogP contribution in [0.5, 0.6) is 5.75 Å². The van der Waals surface area contributed by atoms with E-state index in [1.54, 1.807) is 30.6 Å². The third-order valence-corrected chi connectivity index (χ3v) is 3.37. The number of hydrogen-bond acceptors (Lipinski definition) is 4. The molecule has 21 heavy (non-hydrogen) atoms. The highest BCUT2D eigenvalue weighted by atomic mass is 16.5. The molecule has 1 N–H and O–H groups in total. The van der Waals surface area contributed by atoms with Crippen LogP contribution >= 0.6 is 0 Å². The highest BCUT2D eigenvalue weighted by Gasteiger charge is 2.28. The number of anilines is 1. The fourth-order valence-corrected chi connectivity index (χ4v) is 2.44. The maximum atomic E-state index is 12.1. The Kier molecular flexibility index (Phi) is 3.64. The van der Waals surface area contributed by atoms with Gasteiger partial charge in [-0.1, -0.05) is 18.2 Å². The normalized spacial score (nSPS) is 16.8. The number of esters is 1. The highest BCUT2D eigenvalue weighted by molar-refractivity contribution is 5.91. The third-order valence-electron chi connectivity index (χ3n) is 3.37. The average Bonchev–Trinajstić information content (AvgIpc) is 2.48. The van der Waals surface area contributed by atoms with Crippen molar-refractivity contribution in [3.8, 4) is 5.75 Å². The topological polar surface area (TPSA) is 68.3 Å². The molecule has 5 heteroatoms. The van der Waals surface area contributed by atoms with Gasteiger partial charge in [0.1, 0.15) is 5.75 Å². The maximum absolute atomic E-state index is 12.1. The number of amides is 1. The number of fused-ring (bicyclic) bond motifs is 1. The van der Waals surface area contributed by atoms with Crippen molar-refractivity contribution < 1.29 is 14.3 Å². The van der Waals surface area contributed by atoms with Gasteiger partial charge >= 0.3 is 5.97 Å². The fourth-order valence-electron chi connectivity index (χ4n) is 2.44. The molecule has 5 nitrogen and oxygen atoms in total. The Morgan fingerprint density at radius 1 is 1.29 bits per heavy atom. The Hall–Kier alpha value is -2.69. The van der Waals surface area contributed by atoms with Gasteiger partial charge in [0.15, 0.2) is 0 Å². The van der Waals surface area contributed by atoms with Crippen LogP contribution in [-0.4, -0.2) is 16.9 Å². The predicted molar refractivity (Wildman–Crippen MR) is 76.9 cm³/mol. The van der Waals surface area contributed by atoms with E-state index in [9.17, 15) is 9.59 Å². The van der Waals surface area contributed by atoms with Gasteiger partial charge in [0.2, 0.25) is 5.91 Å². The molecule has 1 aromatic carbocycles. The number of carbonyl (C=O) groups excluding carboxylic acids is 2. The van der Waals surface area contributed by atoms with E-state index in [1.165, 1.54) is 0 Å². The molecular weight excluding hydrogens is 268 g/mol. The molecule has 0 bridgehead atoms. The number of hydrogen-bond donors (Lipinski definition) is 1. The van der Waals surface area contributed by atoms with Crippen LogP contribution in [0.25, 0.3) is 0 Å². The molecular formula is C16H14N2O3. The highest BCUT2D eigenvalue weighted by Crippen LogP contribution is 2.36. The van der Waals surface area contributed by atoms with Crippen molar-refractivity contribution >= 4 is 17.6 Å². The lowest BCUT2D eigenvalue weighted by atomic mass is 9.89. The second-order valence-corrected chi connectivity index (χ2v) is 4.91. The maximum Gasteiger partial charge on any atom is 0.311 e. The van der Waals surface area contributed by atoms with Crippen molar-refractivity contribution in [3.05, 3.63) is 54.4 Å². The summed E-state index contributed by atoms with van der Waals surface area (Å²) >= 11 is 0. The number of pyridine rings is 1. The summed E-state index contributed by atoms with van der Waals surface area (Å²) in [6, 6.07) is 10.9. The lowest BCUT2D eigenvalue weighted by molar-refractivity contribution is -0.136. The smallest absolute Gasteiger partial charge is 0.311 e. The summed E-state index contributed by atoms with van der Waals surface area (Å²) < 4.78 is 5.18. The van der Waals surface area contributed by atoms with Crippen molar-refractivity contribution in [3.63, 3.8) is 0 Å². The van der Waals surface area contributed by atoms with Gasteiger partial charge in [-0.05, 0) is 23.8 Å². The van der Waals surface area contributed by atoms with Gasteiger partial charge < -0.3 is 10.1 Å². The lowest BCUT2D eigenvalue weighted by Crippen LogP contribution is -2.24. The largest absolute Gasteiger partial charge is 0.426 e. The van der Waals surface area contributed by atoms with Crippen molar-refractivity contribution in [2.75, 3.05) is 5.32 Å². The summed E-state index contributed by atoms with van der Waals surface area (Å²) in [6.45, 7) is 0. The molecule has 1 aromatic heterocycles. The van der Waals surface area contributed by atoms with Gasteiger partial charge in [-0.2, -0.15) is 0 Å². The summed E-state index contributed by atoms with van der Waals surface area (Å²) in [5.74, 6) is -0.0440. The van der Waals surface area contributed by atoms with Crippen LogP contribution in [0.2, 0.25) is 0 Å². The first kappa shape index (κ1) is 13.3. The molecule has 0 saturated heterocycles. The van der Waals surface area contributed by atoms with Crippen LogP contribution in [-0.2, 0) is 9.59 Å². The molecule has 1 aliphatic rings. The van der Waals surface area contributed by atoms with Crippen molar-refractivity contribution in [1.29, 1.82) is 0 Å². The first-order valence-corrected chi connectivity index (χ1v) is 6.72. The first-order chi connectivity index (χ1) is 10.2. The van der Waals surface area contributed by atoms with Crippen molar-refractivity contribution in [2.45, 2.75) is 18.8 Å². The molecule has 0 saturated carbocycles. The summed E-state index contributed by atoms with van der Waals surface area (Å²) in [5, 5.41) is 2.78. The van der Waals surface area contributed by atoms with E-state index in [1.807, 2.05) is 18.2 Å². The van der Waals surface area contributed by atoms with Crippen molar-refractivity contribution in [2.24, 2.45) is 0 Å². The number of para-hydroxylation sites is 1. The zero-order valence-corrected chi connectivity index (χ0v) is 11.3. The Morgan fingerprint density at radius 2 is 2.14 bits per heavy atom. The third kappa shape index (κ3) is 3.08. The predicted octanol–water partition coefficient (Wildman–Crippen LogP) is 2.50. The molecule has 0 spiro atoms. The number of nitrogens with zero attached hydrogens (tertiary/aromatic N) is 1. The molecule has 1 aliphatic heterocycles. The van der Waals surface area contributed by atoms with Crippen LogP contribution in [0.3, 0.4) is 0 Å². The van der Waals surface area contributed by atoms with Gasteiger partial charge in [-0.15, -0.1) is 0 Å². The van der Waals surface area contributed by atoms with E-state index in [0.29, 0.717) is 11.4 Å². The standard InChI is InChI=1S/C16H14N2O3/c19-15(18-12-4-3-7-17-10-12)8-11-9-16(20)21-14-6-2-1-5-13(11)14/h1-7,10-11H,8-9H2,(H,18,19). The summed E-state index contributed by atoms with van der Waals surface area (Å²) in [4.78, 5) is 27.7. The summed E-state index contributed by atoms with van der Waals surface area (Å²) in [7, 11) is 0. The van der Waals surface area contributed by atoms with Gasteiger partial charge in [-0.25, -0.2) is 0 Å². The summed E-state index contributed by atoms with van der Waals surface area (Å²) in [5.41, 5.74) is 1.55. The molecule has 1 atom stereocenters. The minimum Gasteiger partial charge on any atom is -0.426 e. The van der Waals surface area contributed by atoms with Crippen molar-refractivity contribution in [1.82, 2.24) is 4.98 Å². The van der Waals surface area contributed by atoms with Crippen LogP contribution in [0.15, 0.2) is 48.8 Å². The second-order valence-electron chi connectivity index (χ2n) is 4.91. The molecule has 0 fully saturated rings. The van der Waals surface area contributed by atoms with Gasteiger partial charge in [-0.3, -0.25) is 14.6 Å². The zero-order valence-electron chi connectivity index (χ0n) is 11.3. The Morgan fingerprint density at radius 3 is 2.95 bits per heavy atom. The van der Waals surface area contributed by atoms with Crippen LogP contribution < -0.4 is 10.1 Å². The number of ether oxygens (including phenoxy) is 1. The Bertz CT molecular complexity index is 670. The van der Waals surface area contributed by atoms with Crippen LogP contribution in [0.4, 0.5) is 5.69 Å². The molecule has 106 valence electrons. The monoisotopic (exact) mass is 282 g/mol. The van der Waals surface area contributed by atoms with Crippen LogP contribution in [0, 0.1) is 0 Å². The molecule has 0 radical (unpaired) electrons. The zero-order chi connectivity index (χ0) is 14.7. The molecule has 0 aliphatic carbocycles. The number of nitrogens with one attached hydrogen (secondary N) is 1. The minimum absolute atomic E-state index is 0.141. The second kappa shape index (κ2) is 5.75. The molecule has 1 amide bonds. The quantitative estimate of drug-likeness (QED) is 0.693. The summed E-state index contributed by atoms with van der Waals surface area (Å²) in [6.07, 6.45) is 3.68. The van der Waals surface area contributed by atoms with E-state index < -0.39 is 0 Å². The fraction of sp³-hybridized carbons (Fsp3) is 0.188. The number of carbonyl (C=O) groups is 2. The minimum atomic E-state index is -0.298. The molecule has 2 aromatic rings. The first-order valence-electron chi connectivity index (χ1n) is 6.72. The molecule has 3 rings (SSSR count). The van der Waals surface area contributed by atoms with Crippen LogP contribution in [0.1, 0.15) is 24.3 Å². The number of rotatable bonds is 3. The SMILES string of the molecule is O=C(CC1CC(=O)Oc2ccccc21)Nc1cccnc1. The van der Waals surface area contributed by atoms with Gasteiger partial charge in [0, 0.05) is 18.5 Å². The van der Waals surface area contributed by atoms with E-state index in [4.69, 9.17) is 4.74 Å². The van der Waals surface area contributed by atoms with Gasteiger partial charge in [0.25, 0.3) is 0 Å². The number of benzene rings is 1. The van der Waals surface area contributed by atoms with E-state index >= 15 is 0 Å². The van der Waals surface area contributed by atoms with E-state index in [0.717, 1.165) is 5.56 Å². The lowest BCUT2D eigenvalue weighted by Gasteiger charge is -2.23.